The molecule has 3 N–H and O–H groups in total. The summed E-state index contributed by atoms with van der Waals surface area (Å²) in [4.78, 5) is 22.2. The Bertz CT molecular complexity index is 418. The Morgan fingerprint density at radius 3 is 2.75 bits per heavy atom. The number of carbonyl (C=O) groups excluding carboxylic acids is 2. The molecule has 0 unspecified atom stereocenters. The summed E-state index contributed by atoms with van der Waals surface area (Å²) < 4.78 is 0.770. The highest BCUT2D eigenvalue weighted by Gasteiger charge is 2.10. The Labute approximate surface area is 102 Å². The van der Waals surface area contributed by atoms with E-state index in [0.717, 1.165) is 10.0 Å². The quantitative estimate of drug-likeness (QED) is 0.876. The summed E-state index contributed by atoms with van der Waals surface area (Å²) in [6.45, 7) is 2.17. The second-order valence-electron chi connectivity index (χ2n) is 3.41. The van der Waals surface area contributed by atoms with Gasteiger partial charge in [-0.2, -0.15) is 0 Å². The number of nitrogens with two attached hydrogens (primary N) is 1. The highest BCUT2D eigenvalue weighted by Crippen LogP contribution is 2.20. The maximum Gasteiger partial charge on any atom is 0.252 e. The van der Waals surface area contributed by atoms with Gasteiger partial charge in [0.25, 0.3) is 5.91 Å². The SMILES string of the molecule is Cc1cccc(C(=O)NCCC(N)=O)c1Br. The van der Waals surface area contributed by atoms with Gasteiger partial charge in [-0.1, -0.05) is 12.1 Å². The van der Waals surface area contributed by atoms with E-state index in [-0.39, 0.29) is 18.9 Å². The fourth-order valence-electron chi connectivity index (χ4n) is 1.22. The average Bonchev–Trinajstić information content (AvgIpc) is 2.21. The van der Waals surface area contributed by atoms with Crippen LogP contribution in [0.3, 0.4) is 0 Å². The van der Waals surface area contributed by atoms with Gasteiger partial charge < -0.3 is 11.1 Å². The molecule has 5 heteroatoms. The van der Waals surface area contributed by atoms with Gasteiger partial charge in [0.1, 0.15) is 0 Å². The predicted molar refractivity (Wildman–Crippen MR) is 65.0 cm³/mol. The predicted octanol–water partition coefficient (Wildman–Crippen LogP) is 1.36. The molecule has 0 atom stereocenters. The Morgan fingerprint density at radius 1 is 1.44 bits per heavy atom. The van der Waals surface area contributed by atoms with Gasteiger partial charge in [0, 0.05) is 17.4 Å². The molecule has 1 aromatic rings. The van der Waals surface area contributed by atoms with Gasteiger partial charge in [-0.15, -0.1) is 0 Å². The van der Waals surface area contributed by atoms with Crippen LogP contribution in [0.5, 0.6) is 0 Å². The molecular formula is C11H13BrN2O2. The molecule has 2 amide bonds. The largest absolute Gasteiger partial charge is 0.370 e. The van der Waals surface area contributed by atoms with Gasteiger partial charge in [-0.25, -0.2) is 0 Å². The normalized spacial score (nSPS) is 9.88. The topological polar surface area (TPSA) is 72.2 Å². The van der Waals surface area contributed by atoms with E-state index >= 15 is 0 Å². The minimum Gasteiger partial charge on any atom is -0.370 e. The first kappa shape index (κ1) is 12.7. The van der Waals surface area contributed by atoms with Gasteiger partial charge in [0.2, 0.25) is 5.91 Å². The standard InChI is InChI=1S/C11H13BrN2O2/c1-7-3-2-4-8(10(7)12)11(16)14-6-5-9(13)15/h2-4H,5-6H2,1H3,(H2,13,15)(H,14,16). The van der Waals surface area contributed by atoms with Crippen LogP contribution in [0, 0.1) is 6.92 Å². The lowest BCUT2D eigenvalue weighted by molar-refractivity contribution is -0.117. The fraction of sp³-hybridized carbons (Fsp3) is 0.273. The monoisotopic (exact) mass is 284 g/mol. The minimum atomic E-state index is -0.427. The maximum absolute atomic E-state index is 11.7. The Kier molecular flexibility index (Phi) is 4.49. The van der Waals surface area contributed by atoms with Gasteiger partial charge in [0.05, 0.1) is 5.56 Å². The highest BCUT2D eigenvalue weighted by molar-refractivity contribution is 9.10. The molecule has 4 nitrogen and oxygen atoms in total. The number of benzene rings is 1. The smallest absolute Gasteiger partial charge is 0.252 e. The number of amides is 2. The van der Waals surface area contributed by atoms with Crippen molar-refractivity contribution in [1.29, 1.82) is 0 Å². The molecule has 0 aromatic heterocycles. The van der Waals surface area contributed by atoms with Gasteiger partial charge in [-0.05, 0) is 34.5 Å². The van der Waals surface area contributed by atoms with E-state index < -0.39 is 5.91 Å². The van der Waals surface area contributed by atoms with Gasteiger partial charge in [0.15, 0.2) is 0 Å². The number of aryl methyl sites for hydroxylation is 1. The maximum atomic E-state index is 11.7. The van der Waals surface area contributed by atoms with Crippen LogP contribution >= 0.6 is 15.9 Å². The van der Waals surface area contributed by atoms with Crippen molar-refractivity contribution in [1.82, 2.24) is 5.32 Å². The molecule has 0 heterocycles. The van der Waals surface area contributed by atoms with Crippen LogP contribution in [0.25, 0.3) is 0 Å². The van der Waals surface area contributed by atoms with Crippen molar-refractivity contribution in [2.45, 2.75) is 13.3 Å². The highest BCUT2D eigenvalue weighted by atomic mass is 79.9. The molecule has 1 aromatic carbocycles. The molecule has 0 aliphatic rings. The summed E-state index contributed by atoms with van der Waals surface area (Å²) in [5.74, 6) is -0.638. The first-order chi connectivity index (χ1) is 7.52. The number of hydrogen-bond acceptors (Lipinski definition) is 2. The zero-order valence-corrected chi connectivity index (χ0v) is 10.5. The Hall–Kier alpha value is -1.36. The third-order valence-electron chi connectivity index (χ3n) is 2.09. The second-order valence-corrected chi connectivity index (χ2v) is 4.20. The number of primary amides is 1. The summed E-state index contributed by atoms with van der Waals surface area (Å²) in [5, 5.41) is 2.63. The zero-order chi connectivity index (χ0) is 12.1. The van der Waals surface area contributed by atoms with E-state index in [1.165, 1.54) is 0 Å². The van der Waals surface area contributed by atoms with Crippen LogP contribution in [-0.4, -0.2) is 18.4 Å². The van der Waals surface area contributed by atoms with Crippen molar-refractivity contribution in [2.75, 3.05) is 6.54 Å². The fourth-order valence-corrected chi connectivity index (χ4v) is 1.66. The first-order valence-corrected chi connectivity index (χ1v) is 5.63. The van der Waals surface area contributed by atoms with E-state index in [9.17, 15) is 9.59 Å². The summed E-state index contributed by atoms with van der Waals surface area (Å²) in [6, 6.07) is 5.43. The average molecular weight is 285 g/mol. The van der Waals surface area contributed by atoms with Crippen molar-refractivity contribution in [3.05, 3.63) is 33.8 Å². The minimum absolute atomic E-state index is 0.148. The molecule has 0 aliphatic carbocycles. The molecule has 1 rings (SSSR count). The summed E-state index contributed by atoms with van der Waals surface area (Å²) in [5.41, 5.74) is 6.52. The number of hydrogen-bond donors (Lipinski definition) is 2. The lowest BCUT2D eigenvalue weighted by Crippen LogP contribution is -2.28. The van der Waals surface area contributed by atoms with Crippen LogP contribution in [0.15, 0.2) is 22.7 Å². The third-order valence-corrected chi connectivity index (χ3v) is 3.15. The van der Waals surface area contributed by atoms with Crippen molar-refractivity contribution >= 4 is 27.7 Å². The van der Waals surface area contributed by atoms with Gasteiger partial charge >= 0.3 is 0 Å². The lowest BCUT2D eigenvalue weighted by Gasteiger charge is -2.07. The third kappa shape index (κ3) is 3.34. The molecular weight excluding hydrogens is 272 g/mol. The Balaban J connectivity index is 2.66. The van der Waals surface area contributed by atoms with E-state index in [1.54, 1.807) is 6.07 Å². The molecule has 0 bridgehead atoms. The molecule has 0 saturated carbocycles. The van der Waals surface area contributed by atoms with Crippen molar-refractivity contribution < 1.29 is 9.59 Å². The van der Waals surface area contributed by atoms with Crippen LogP contribution < -0.4 is 11.1 Å². The lowest BCUT2D eigenvalue weighted by atomic mass is 10.1. The molecule has 0 radical (unpaired) electrons. The number of nitrogens with one attached hydrogen (secondary N) is 1. The molecule has 86 valence electrons. The van der Waals surface area contributed by atoms with E-state index in [1.807, 2.05) is 19.1 Å². The second kappa shape index (κ2) is 5.65. The number of rotatable bonds is 4. The molecule has 0 fully saturated rings. The molecule has 0 saturated heterocycles. The van der Waals surface area contributed by atoms with Crippen LogP contribution in [-0.2, 0) is 4.79 Å². The number of halogens is 1. The van der Waals surface area contributed by atoms with Crippen molar-refractivity contribution in [3.63, 3.8) is 0 Å². The summed E-state index contributed by atoms with van der Waals surface area (Å²) >= 11 is 3.35. The molecule has 0 spiro atoms. The van der Waals surface area contributed by atoms with E-state index in [2.05, 4.69) is 21.2 Å². The zero-order valence-electron chi connectivity index (χ0n) is 8.92. The summed E-state index contributed by atoms with van der Waals surface area (Å²) in [6.07, 6.45) is 0.148. The van der Waals surface area contributed by atoms with Crippen LogP contribution in [0.2, 0.25) is 0 Å². The van der Waals surface area contributed by atoms with E-state index in [0.29, 0.717) is 5.56 Å². The number of carbonyl (C=O) groups is 2. The molecule has 16 heavy (non-hydrogen) atoms. The van der Waals surface area contributed by atoms with Crippen molar-refractivity contribution in [3.8, 4) is 0 Å². The molecule has 0 aliphatic heterocycles. The van der Waals surface area contributed by atoms with Gasteiger partial charge in [-0.3, -0.25) is 9.59 Å². The summed E-state index contributed by atoms with van der Waals surface area (Å²) in [7, 11) is 0. The van der Waals surface area contributed by atoms with Crippen LogP contribution in [0.4, 0.5) is 0 Å². The first-order valence-electron chi connectivity index (χ1n) is 4.84. The van der Waals surface area contributed by atoms with E-state index in [4.69, 9.17) is 5.73 Å². The Morgan fingerprint density at radius 2 is 2.12 bits per heavy atom. The van der Waals surface area contributed by atoms with Crippen molar-refractivity contribution in [2.24, 2.45) is 5.73 Å². The van der Waals surface area contributed by atoms with Crippen LogP contribution in [0.1, 0.15) is 22.3 Å².